The number of methoxy groups -OCH3 is 1. The van der Waals surface area contributed by atoms with E-state index in [2.05, 4.69) is 12.2 Å². The lowest BCUT2D eigenvalue weighted by Gasteiger charge is -2.18. The van der Waals surface area contributed by atoms with Crippen LogP contribution in [0.3, 0.4) is 0 Å². The molecule has 0 aliphatic carbocycles. The number of nitrogens with one attached hydrogen (secondary N) is 1. The fraction of sp³-hybridized carbons (Fsp3) is 0.294. The molecule has 0 spiro atoms. The maximum atomic E-state index is 10.0. The van der Waals surface area contributed by atoms with Crippen LogP contribution in [0.5, 0.6) is 11.5 Å². The molecular formula is C17H21NO2. The molecule has 2 aromatic rings. The van der Waals surface area contributed by atoms with Crippen LogP contribution in [-0.2, 0) is 6.54 Å². The van der Waals surface area contributed by atoms with E-state index in [1.54, 1.807) is 7.11 Å². The number of aryl methyl sites for hydroxylation is 1. The van der Waals surface area contributed by atoms with E-state index in [0.717, 1.165) is 22.4 Å². The van der Waals surface area contributed by atoms with E-state index >= 15 is 0 Å². The van der Waals surface area contributed by atoms with Gasteiger partial charge in [-0.05, 0) is 25.5 Å². The van der Waals surface area contributed by atoms with Crippen molar-refractivity contribution in [1.82, 2.24) is 5.32 Å². The van der Waals surface area contributed by atoms with Crippen molar-refractivity contribution in [1.29, 1.82) is 0 Å². The number of hydrogen-bond acceptors (Lipinski definition) is 3. The molecule has 0 amide bonds. The molecule has 2 rings (SSSR count). The Bertz CT molecular complexity index is 581. The number of rotatable bonds is 5. The summed E-state index contributed by atoms with van der Waals surface area (Å²) in [4.78, 5) is 0. The fourth-order valence-electron chi connectivity index (χ4n) is 2.26. The predicted octanol–water partition coefficient (Wildman–Crippen LogP) is 3.56. The Morgan fingerprint density at radius 3 is 2.65 bits per heavy atom. The molecule has 0 heterocycles. The van der Waals surface area contributed by atoms with Crippen LogP contribution >= 0.6 is 0 Å². The van der Waals surface area contributed by atoms with Gasteiger partial charge < -0.3 is 15.2 Å². The van der Waals surface area contributed by atoms with Gasteiger partial charge in [-0.25, -0.2) is 0 Å². The first-order valence-corrected chi connectivity index (χ1v) is 6.77. The van der Waals surface area contributed by atoms with Crippen LogP contribution in [0.2, 0.25) is 0 Å². The highest BCUT2D eigenvalue weighted by Crippen LogP contribution is 2.26. The maximum Gasteiger partial charge on any atom is 0.123 e. The van der Waals surface area contributed by atoms with E-state index in [1.165, 1.54) is 0 Å². The molecule has 0 radical (unpaired) electrons. The summed E-state index contributed by atoms with van der Waals surface area (Å²) in [6, 6.07) is 13.9. The molecule has 20 heavy (non-hydrogen) atoms. The normalized spacial score (nSPS) is 12.2. The van der Waals surface area contributed by atoms with Crippen LogP contribution < -0.4 is 10.1 Å². The van der Waals surface area contributed by atoms with Crippen molar-refractivity contribution < 1.29 is 9.84 Å². The molecule has 1 unspecified atom stereocenters. The lowest BCUT2D eigenvalue weighted by Crippen LogP contribution is -2.18. The van der Waals surface area contributed by atoms with Crippen molar-refractivity contribution in [2.24, 2.45) is 0 Å². The number of phenols is 1. The summed E-state index contributed by atoms with van der Waals surface area (Å²) in [7, 11) is 1.68. The lowest BCUT2D eigenvalue weighted by atomic mass is 10.1. The summed E-state index contributed by atoms with van der Waals surface area (Å²) in [6.45, 7) is 4.61. The van der Waals surface area contributed by atoms with E-state index in [4.69, 9.17) is 4.74 Å². The average molecular weight is 271 g/mol. The molecule has 0 aromatic heterocycles. The van der Waals surface area contributed by atoms with Gasteiger partial charge in [0, 0.05) is 23.7 Å². The van der Waals surface area contributed by atoms with E-state index in [1.807, 2.05) is 49.4 Å². The topological polar surface area (TPSA) is 41.5 Å². The zero-order valence-electron chi connectivity index (χ0n) is 12.2. The van der Waals surface area contributed by atoms with Gasteiger partial charge in [0.1, 0.15) is 11.5 Å². The first kappa shape index (κ1) is 14.4. The number of aromatic hydroxyl groups is 1. The Morgan fingerprint density at radius 2 is 1.90 bits per heavy atom. The monoisotopic (exact) mass is 271 g/mol. The quantitative estimate of drug-likeness (QED) is 0.873. The van der Waals surface area contributed by atoms with Crippen molar-refractivity contribution in [3.63, 3.8) is 0 Å². The Kier molecular flexibility index (Phi) is 4.64. The SMILES string of the molecule is COc1ccccc1C(C)NCc1cccc(C)c1O. The summed E-state index contributed by atoms with van der Waals surface area (Å²) >= 11 is 0. The third-order valence-corrected chi connectivity index (χ3v) is 3.53. The third kappa shape index (κ3) is 3.11. The third-order valence-electron chi connectivity index (χ3n) is 3.53. The molecule has 0 bridgehead atoms. The number of phenolic OH excluding ortho intramolecular Hbond substituents is 1. The van der Waals surface area contributed by atoms with E-state index in [-0.39, 0.29) is 6.04 Å². The van der Waals surface area contributed by atoms with Gasteiger partial charge >= 0.3 is 0 Å². The molecule has 0 saturated carbocycles. The largest absolute Gasteiger partial charge is 0.507 e. The molecule has 0 saturated heterocycles. The maximum absolute atomic E-state index is 10.0. The first-order valence-electron chi connectivity index (χ1n) is 6.77. The molecule has 0 aliphatic heterocycles. The van der Waals surface area contributed by atoms with Crippen LogP contribution in [0.25, 0.3) is 0 Å². The second-order valence-electron chi connectivity index (χ2n) is 4.93. The second kappa shape index (κ2) is 6.44. The van der Waals surface area contributed by atoms with E-state index in [9.17, 15) is 5.11 Å². The van der Waals surface area contributed by atoms with Gasteiger partial charge in [-0.1, -0.05) is 36.4 Å². The molecule has 2 N–H and O–H groups in total. The van der Waals surface area contributed by atoms with E-state index < -0.39 is 0 Å². The molecule has 3 nitrogen and oxygen atoms in total. The lowest BCUT2D eigenvalue weighted by molar-refractivity contribution is 0.400. The number of hydrogen-bond donors (Lipinski definition) is 2. The van der Waals surface area contributed by atoms with Crippen molar-refractivity contribution >= 4 is 0 Å². The van der Waals surface area contributed by atoms with Crippen molar-refractivity contribution in [3.05, 3.63) is 59.2 Å². The summed E-state index contributed by atoms with van der Waals surface area (Å²) < 4.78 is 5.37. The van der Waals surface area contributed by atoms with Gasteiger partial charge in [-0.15, -0.1) is 0 Å². The molecular weight excluding hydrogens is 250 g/mol. The predicted molar refractivity (Wildman–Crippen MR) is 81.1 cm³/mol. The standard InChI is InChI=1S/C17H21NO2/c1-12-7-6-8-14(17(12)19)11-18-13(2)15-9-4-5-10-16(15)20-3/h4-10,13,18-19H,11H2,1-3H3. The van der Waals surface area contributed by atoms with Crippen LogP contribution in [0.15, 0.2) is 42.5 Å². The number of para-hydroxylation sites is 2. The van der Waals surface area contributed by atoms with Crippen LogP contribution in [0.1, 0.15) is 29.7 Å². The summed E-state index contributed by atoms with van der Waals surface area (Å²) in [5.41, 5.74) is 2.92. The summed E-state index contributed by atoms with van der Waals surface area (Å²) in [5.74, 6) is 1.24. The first-order chi connectivity index (χ1) is 9.63. The number of ether oxygens (including phenoxy) is 1. The van der Waals surface area contributed by atoms with Crippen LogP contribution in [0, 0.1) is 6.92 Å². The van der Waals surface area contributed by atoms with Gasteiger partial charge in [0.2, 0.25) is 0 Å². The van der Waals surface area contributed by atoms with E-state index in [0.29, 0.717) is 12.3 Å². The Balaban J connectivity index is 2.09. The summed E-state index contributed by atoms with van der Waals surface area (Å²) in [5, 5.41) is 13.4. The fourth-order valence-corrected chi connectivity index (χ4v) is 2.26. The minimum absolute atomic E-state index is 0.145. The molecule has 3 heteroatoms. The average Bonchev–Trinajstić information content (AvgIpc) is 2.48. The van der Waals surface area contributed by atoms with Crippen LogP contribution in [0.4, 0.5) is 0 Å². The Hall–Kier alpha value is -2.00. The highest BCUT2D eigenvalue weighted by Gasteiger charge is 2.11. The zero-order chi connectivity index (χ0) is 14.5. The zero-order valence-corrected chi connectivity index (χ0v) is 12.2. The molecule has 0 aliphatic rings. The van der Waals surface area contributed by atoms with Gasteiger partial charge in [0.15, 0.2) is 0 Å². The van der Waals surface area contributed by atoms with Gasteiger partial charge in [0.25, 0.3) is 0 Å². The molecule has 2 aromatic carbocycles. The van der Waals surface area contributed by atoms with Gasteiger partial charge in [-0.3, -0.25) is 0 Å². The number of benzene rings is 2. The Labute approximate surface area is 120 Å². The smallest absolute Gasteiger partial charge is 0.123 e. The minimum Gasteiger partial charge on any atom is -0.507 e. The molecule has 1 atom stereocenters. The van der Waals surface area contributed by atoms with Crippen LogP contribution in [-0.4, -0.2) is 12.2 Å². The highest BCUT2D eigenvalue weighted by molar-refractivity contribution is 5.40. The molecule has 0 fully saturated rings. The van der Waals surface area contributed by atoms with Crippen molar-refractivity contribution in [3.8, 4) is 11.5 Å². The summed E-state index contributed by atoms with van der Waals surface area (Å²) in [6.07, 6.45) is 0. The van der Waals surface area contributed by atoms with Gasteiger partial charge in [-0.2, -0.15) is 0 Å². The molecule has 106 valence electrons. The second-order valence-corrected chi connectivity index (χ2v) is 4.93. The Morgan fingerprint density at radius 1 is 1.15 bits per heavy atom. The highest BCUT2D eigenvalue weighted by atomic mass is 16.5. The minimum atomic E-state index is 0.145. The van der Waals surface area contributed by atoms with Crippen molar-refractivity contribution in [2.45, 2.75) is 26.4 Å². The van der Waals surface area contributed by atoms with Gasteiger partial charge in [0.05, 0.1) is 7.11 Å². The van der Waals surface area contributed by atoms with Crippen molar-refractivity contribution in [2.75, 3.05) is 7.11 Å².